The van der Waals surface area contributed by atoms with Gasteiger partial charge >= 0.3 is 0 Å². The molecule has 0 aliphatic heterocycles. The van der Waals surface area contributed by atoms with E-state index >= 15 is 0 Å². The van der Waals surface area contributed by atoms with E-state index in [1.54, 1.807) is 18.2 Å². The van der Waals surface area contributed by atoms with Crippen LogP contribution in [0.25, 0.3) is 0 Å². The van der Waals surface area contributed by atoms with Crippen LogP contribution in [0.5, 0.6) is 11.5 Å². The number of nitrogens with zero attached hydrogens (tertiary/aromatic N) is 1. The van der Waals surface area contributed by atoms with Crippen LogP contribution in [0.1, 0.15) is 35.3 Å². The van der Waals surface area contributed by atoms with Gasteiger partial charge in [0.15, 0.2) is 0 Å². The average molecular weight is 519 g/mol. The Balaban J connectivity index is 0.00000380. The van der Waals surface area contributed by atoms with Crippen molar-refractivity contribution in [2.45, 2.75) is 38.6 Å². The predicted octanol–water partition coefficient (Wildman–Crippen LogP) is 6.14. The molecule has 0 amide bonds. The third-order valence-electron chi connectivity index (χ3n) is 6.38. The Hall–Kier alpha value is -3.51. The Morgan fingerprint density at radius 3 is 2.05 bits per heavy atom. The van der Waals surface area contributed by atoms with E-state index in [1.807, 2.05) is 72.8 Å². The number of aliphatic hydroxyl groups excluding tert-OH is 1. The average Bonchev–Trinajstić information content (AvgIpc) is 2.90. The number of nitrogens with two attached hydrogens (primary N) is 1. The van der Waals surface area contributed by atoms with Crippen molar-refractivity contribution in [3.63, 3.8) is 0 Å². The zero-order valence-electron chi connectivity index (χ0n) is 21.0. The maximum Gasteiger partial charge on any atom is 0.142 e. The van der Waals surface area contributed by atoms with Crippen LogP contribution < -0.4 is 10.5 Å². The number of hydrogen-bond acceptors (Lipinski definition) is 5. The molecule has 4 aromatic carbocycles. The highest BCUT2D eigenvalue weighted by molar-refractivity contribution is 5.85. The summed E-state index contributed by atoms with van der Waals surface area (Å²) in [5, 5.41) is 20.8. The number of phenolic OH excluding ortho intramolecular Hbond substituents is 1. The van der Waals surface area contributed by atoms with Crippen molar-refractivity contribution in [1.82, 2.24) is 4.90 Å². The zero-order valence-corrected chi connectivity index (χ0v) is 21.9. The van der Waals surface area contributed by atoms with Crippen LogP contribution >= 0.6 is 12.4 Å². The normalized spacial score (nSPS) is 12.5. The van der Waals surface area contributed by atoms with Gasteiger partial charge in [-0.3, -0.25) is 4.90 Å². The quantitative estimate of drug-likeness (QED) is 0.208. The summed E-state index contributed by atoms with van der Waals surface area (Å²) in [7, 11) is 0. The van der Waals surface area contributed by atoms with Crippen molar-refractivity contribution in [3.05, 3.63) is 125 Å². The van der Waals surface area contributed by atoms with Gasteiger partial charge in [-0.25, -0.2) is 0 Å². The number of aliphatic hydroxyl groups is 1. The maximum absolute atomic E-state index is 11.2. The summed E-state index contributed by atoms with van der Waals surface area (Å²) < 4.78 is 5.90. The van der Waals surface area contributed by atoms with E-state index in [9.17, 15) is 10.2 Å². The first-order valence-corrected chi connectivity index (χ1v) is 12.3. The number of anilines is 1. The number of phenols is 1. The molecule has 2 atom stereocenters. The van der Waals surface area contributed by atoms with Crippen molar-refractivity contribution >= 4 is 18.1 Å². The highest BCUT2D eigenvalue weighted by Gasteiger charge is 2.20. The Morgan fingerprint density at radius 1 is 0.811 bits per heavy atom. The highest BCUT2D eigenvalue weighted by atomic mass is 35.5. The van der Waals surface area contributed by atoms with Crippen LogP contribution in [0.2, 0.25) is 0 Å². The number of ether oxygens (including phenoxy) is 1. The molecule has 2 unspecified atom stereocenters. The number of nitrogen functional groups attached to an aromatic ring is 1. The molecule has 4 aromatic rings. The van der Waals surface area contributed by atoms with Crippen molar-refractivity contribution in [2.75, 3.05) is 12.3 Å². The molecule has 0 aliphatic rings. The Bertz CT molecular complexity index is 1220. The fourth-order valence-electron chi connectivity index (χ4n) is 4.29. The molecule has 0 fully saturated rings. The first-order valence-electron chi connectivity index (χ1n) is 12.3. The predicted molar refractivity (Wildman–Crippen MR) is 152 cm³/mol. The molecular weight excluding hydrogens is 484 g/mol. The lowest BCUT2D eigenvalue weighted by Crippen LogP contribution is -2.37. The topological polar surface area (TPSA) is 79.0 Å². The van der Waals surface area contributed by atoms with Crippen molar-refractivity contribution in [2.24, 2.45) is 0 Å². The first-order chi connectivity index (χ1) is 17.5. The highest BCUT2D eigenvalue weighted by Crippen LogP contribution is 2.28. The van der Waals surface area contributed by atoms with Crippen LogP contribution in [-0.4, -0.2) is 27.7 Å². The summed E-state index contributed by atoms with van der Waals surface area (Å²) in [6, 6.07) is 33.2. The van der Waals surface area contributed by atoms with Crippen molar-refractivity contribution < 1.29 is 14.9 Å². The summed E-state index contributed by atoms with van der Waals surface area (Å²) >= 11 is 0. The van der Waals surface area contributed by atoms with E-state index in [-0.39, 0.29) is 24.2 Å². The van der Waals surface area contributed by atoms with Gasteiger partial charge in [0.2, 0.25) is 0 Å². The second-order valence-electron chi connectivity index (χ2n) is 9.22. The maximum atomic E-state index is 11.2. The monoisotopic (exact) mass is 518 g/mol. The van der Waals surface area contributed by atoms with Crippen molar-refractivity contribution in [3.8, 4) is 11.5 Å². The minimum Gasteiger partial charge on any atom is -0.508 e. The van der Waals surface area contributed by atoms with Gasteiger partial charge in [-0.1, -0.05) is 78.9 Å². The fraction of sp³-hybridized carbons (Fsp3) is 0.226. The molecule has 194 valence electrons. The lowest BCUT2D eigenvalue weighted by Gasteiger charge is -2.31. The van der Waals surface area contributed by atoms with Gasteiger partial charge in [0.1, 0.15) is 18.1 Å². The van der Waals surface area contributed by atoms with Crippen molar-refractivity contribution in [1.29, 1.82) is 0 Å². The largest absolute Gasteiger partial charge is 0.508 e. The van der Waals surface area contributed by atoms with E-state index in [0.29, 0.717) is 31.1 Å². The minimum atomic E-state index is -0.707. The van der Waals surface area contributed by atoms with Gasteiger partial charge in [-0.05, 0) is 59.9 Å². The van der Waals surface area contributed by atoms with Gasteiger partial charge in [0.05, 0.1) is 11.8 Å². The van der Waals surface area contributed by atoms with E-state index < -0.39 is 6.10 Å². The molecule has 0 radical (unpaired) electrons. The molecular formula is C31H35ClN2O3. The summed E-state index contributed by atoms with van der Waals surface area (Å²) in [6.45, 7) is 3.77. The van der Waals surface area contributed by atoms with Crippen LogP contribution in [0, 0.1) is 0 Å². The smallest absolute Gasteiger partial charge is 0.142 e. The summed E-state index contributed by atoms with van der Waals surface area (Å²) in [6.07, 6.45) is 0.0928. The molecule has 0 bridgehead atoms. The number of benzene rings is 4. The first kappa shape index (κ1) is 28.1. The molecule has 0 aliphatic carbocycles. The van der Waals surface area contributed by atoms with Gasteiger partial charge in [-0.2, -0.15) is 0 Å². The summed E-state index contributed by atoms with van der Waals surface area (Å²) in [5.74, 6) is 0.869. The van der Waals surface area contributed by atoms with E-state index in [1.165, 1.54) is 5.56 Å². The fourth-order valence-corrected chi connectivity index (χ4v) is 4.29. The second kappa shape index (κ2) is 13.7. The number of hydrogen-bond donors (Lipinski definition) is 3. The van der Waals surface area contributed by atoms with E-state index in [4.69, 9.17) is 10.5 Å². The summed E-state index contributed by atoms with van der Waals surface area (Å²) in [4.78, 5) is 2.28. The Morgan fingerprint density at radius 2 is 1.43 bits per heavy atom. The Kier molecular flexibility index (Phi) is 10.4. The molecule has 37 heavy (non-hydrogen) atoms. The number of rotatable bonds is 11. The van der Waals surface area contributed by atoms with Gasteiger partial charge < -0.3 is 20.7 Å². The van der Waals surface area contributed by atoms with Crippen LogP contribution in [-0.2, 0) is 19.6 Å². The molecule has 0 saturated heterocycles. The molecule has 6 heteroatoms. The van der Waals surface area contributed by atoms with Gasteiger partial charge in [0, 0.05) is 19.1 Å². The van der Waals surface area contributed by atoms with Crippen LogP contribution in [0.15, 0.2) is 103 Å². The molecule has 4 rings (SSSR count). The van der Waals surface area contributed by atoms with E-state index in [2.05, 4.69) is 24.0 Å². The molecule has 0 spiro atoms. The minimum absolute atomic E-state index is 0. The second-order valence-corrected chi connectivity index (χ2v) is 9.22. The number of halogens is 1. The van der Waals surface area contributed by atoms with E-state index in [0.717, 1.165) is 23.1 Å². The van der Waals surface area contributed by atoms with Crippen LogP contribution in [0.3, 0.4) is 0 Å². The lowest BCUT2D eigenvalue weighted by molar-refractivity contribution is 0.0859. The lowest BCUT2D eigenvalue weighted by atomic mass is 10.0. The van der Waals surface area contributed by atoms with Crippen LogP contribution in [0.4, 0.5) is 5.69 Å². The molecule has 4 N–H and O–H groups in total. The van der Waals surface area contributed by atoms with Gasteiger partial charge in [0.25, 0.3) is 0 Å². The zero-order chi connectivity index (χ0) is 25.3. The molecule has 0 aromatic heterocycles. The molecule has 0 saturated carbocycles. The SMILES string of the molecule is CC(Cc1ccc(O)cc1)N(Cc1ccccc1)CC(O)c1ccc(OCc2ccccc2)c(N)c1.Cl. The third kappa shape index (κ3) is 8.25. The Labute approximate surface area is 225 Å². The summed E-state index contributed by atoms with van der Waals surface area (Å²) in [5.41, 5.74) is 10.9. The standard InChI is InChI=1S/C31H34N2O3.ClH/c1-23(18-24-12-15-28(34)16-13-24)33(20-25-8-4-2-5-9-25)21-30(35)27-14-17-31(29(32)19-27)36-22-26-10-6-3-7-11-26;/h2-17,19,23,30,34-35H,18,20-22,32H2,1H3;1H. The number of aromatic hydroxyl groups is 1. The third-order valence-corrected chi connectivity index (χ3v) is 6.38. The van der Waals surface area contributed by atoms with Gasteiger partial charge in [-0.15, -0.1) is 12.4 Å². The molecule has 0 heterocycles. The molecule has 5 nitrogen and oxygen atoms in total.